The normalized spacial score (nSPS) is 17.1. The molecule has 1 aliphatic rings. The predicted octanol–water partition coefficient (Wildman–Crippen LogP) is 7.66. The Balaban J connectivity index is 1.37. The quantitative estimate of drug-likeness (QED) is 0.171. The number of hydrogen-bond acceptors (Lipinski definition) is 2. The van der Waals surface area contributed by atoms with Gasteiger partial charge in [-0.3, -0.25) is 4.79 Å². The second-order valence-corrected chi connectivity index (χ2v) is 10.8. The number of benzene rings is 5. The molecule has 5 aromatic carbocycles. The zero-order valence-electron chi connectivity index (χ0n) is 23.2. The molecule has 0 N–H and O–H groups in total. The van der Waals surface area contributed by atoms with Crippen LogP contribution in [0.5, 0.6) is 0 Å². The third kappa shape index (κ3) is 5.73. The Morgan fingerprint density at radius 3 is 1.46 bits per heavy atom. The van der Waals surface area contributed by atoms with Gasteiger partial charge in [0.2, 0.25) is 5.91 Å². The summed E-state index contributed by atoms with van der Waals surface area (Å²) in [6.45, 7) is 0.997. The molecule has 0 aromatic heterocycles. The Morgan fingerprint density at radius 1 is 0.585 bits per heavy atom. The molecule has 204 valence electrons. The van der Waals surface area contributed by atoms with E-state index in [-0.39, 0.29) is 17.9 Å². The van der Waals surface area contributed by atoms with Crippen molar-refractivity contribution in [2.45, 2.75) is 31.0 Å². The first-order chi connectivity index (χ1) is 20.2. The van der Waals surface area contributed by atoms with E-state index in [0.29, 0.717) is 13.2 Å². The summed E-state index contributed by atoms with van der Waals surface area (Å²) < 4.78 is 7.19. The van der Waals surface area contributed by atoms with Crippen molar-refractivity contribution >= 4 is 5.91 Å². The van der Waals surface area contributed by atoms with Gasteiger partial charge in [0, 0.05) is 12.5 Å². The van der Waals surface area contributed by atoms with Gasteiger partial charge in [-0.25, -0.2) is 0 Å². The molecule has 0 aliphatic carbocycles. The van der Waals surface area contributed by atoms with Crippen LogP contribution >= 0.6 is 0 Å². The summed E-state index contributed by atoms with van der Waals surface area (Å²) in [5.74, 6) is 0.130. The van der Waals surface area contributed by atoms with Crippen molar-refractivity contribution in [3.63, 3.8) is 0 Å². The molecule has 5 aromatic rings. The summed E-state index contributed by atoms with van der Waals surface area (Å²) in [7, 11) is 0. The van der Waals surface area contributed by atoms with E-state index in [0.717, 1.165) is 35.1 Å². The number of likely N-dealkylation sites (tertiary alicyclic amines) is 1. The van der Waals surface area contributed by atoms with Gasteiger partial charge < -0.3 is 9.64 Å². The highest BCUT2D eigenvalue weighted by molar-refractivity contribution is 5.82. The van der Waals surface area contributed by atoms with Crippen molar-refractivity contribution < 1.29 is 9.53 Å². The Labute approximate surface area is 243 Å². The number of ether oxygens (including phenoxy) is 1. The fourth-order valence-electron chi connectivity index (χ4n) is 6.18. The summed E-state index contributed by atoms with van der Waals surface area (Å²) >= 11 is 0. The third-order valence-corrected chi connectivity index (χ3v) is 8.18. The van der Waals surface area contributed by atoms with Gasteiger partial charge in [0.25, 0.3) is 0 Å². The number of nitrogens with zero attached hydrogens (tertiary/aromatic N) is 1. The maximum absolute atomic E-state index is 13.9. The lowest BCUT2D eigenvalue weighted by molar-refractivity contribution is -0.134. The van der Waals surface area contributed by atoms with E-state index >= 15 is 0 Å². The fraction of sp³-hybridized carbons (Fsp3) is 0.184. The van der Waals surface area contributed by atoms with Crippen LogP contribution in [-0.2, 0) is 28.1 Å². The van der Waals surface area contributed by atoms with Gasteiger partial charge in [-0.2, -0.15) is 0 Å². The average molecular weight is 538 g/mol. The topological polar surface area (TPSA) is 29.5 Å². The number of carbonyl (C=O) groups excluding carboxylic acids is 1. The average Bonchev–Trinajstić information content (AvgIpc) is 3.33. The van der Waals surface area contributed by atoms with Crippen molar-refractivity contribution in [2.75, 3.05) is 6.61 Å². The lowest BCUT2D eigenvalue weighted by atomic mass is 9.80. The van der Waals surface area contributed by atoms with Gasteiger partial charge >= 0.3 is 0 Å². The van der Waals surface area contributed by atoms with Gasteiger partial charge in [-0.05, 0) is 40.7 Å². The smallest absolute Gasteiger partial charge is 0.226 e. The van der Waals surface area contributed by atoms with E-state index in [1.165, 1.54) is 5.56 Å². The largest absolute Gasteiger partial charge is 0.359 e. The van der Waals surface area contributed by atoms with Crippen molar-refractivity contribution in [1.82, 2.24) is 4.90 Å². The van der Waals surface area contributed by atoms with Crippen LogP contribution in [-0.4, -0.2) is 23.5 Å². The van der Waals surface area contributed by atoms with Crippen LogP contribution in [0.25, 0.3) is 0 Å². The lowest BCUT2D eigenvalue weighted by Crippen LogP contribution is -2.41. The molecule has 1 heterocycles. The number of carbonyl (C=O) groups is 1. The first kappa shape index (κ1) is 26.7. The molecule has 0 spiro atoms. The van der Waals surface area contributed by atoms with Crippen molar-refractivity contribution in [3.8, 4) is 0 Å². The van der Waals surface area contributed by atoms with Crippen molar-refractivity contribution in [1.29, 1.82) is 0 Å². The van der Waals surface area contributed by atoms with Gasteiger partial charge in [-0.15, -0.1) is 0 Å². The molecule has 2 unspecified atom stereocenters. The summed E-state index contributed by atoms with van der Waals surface area (Å²) in [6, 6.07) is 51.9. The number of rotatable bonds is 10. The van der Waals surface area contributed by atoms with Crippen molar-refractivity contribution in [3.05, 3.63) is 179 Å². The highest BCUT2D eigenvalue weighted by atomic mass is 16.5. The van der Waals surface area contributed by atoms with Crippen LogP contribution in [0.15, 0.2) is 152 Å². The fourth-order valence-corrected chi connectivity index (χ4v) is 6.18. The minimum atomic E-state index is -0.817. The Kier molecular flexibility index (Phi) is 8.06. The van der Waals surface area contributed by atoms with E-state index in [9.17, 15) is 4.79 Å². The Hall–Kier alpha value is -4.47. The molecule has 3 heteroatoms. The third-order valence-electron chi connectivity index (χ3n) is 8.18. The van der Waals surface area contributed by atoms with Crippen LogP contribution in [0.3, 0.4) is 0 Å². The van der Waals surface area contributed by atoms with Crippen LogP contribution in [0.1, 0.15) is 34.2 Å². The van der Waals surface area contributed by atoms with E-state index in [2.05, 4.69) is 102 Å². The molecule has 2 atom stereocenters. The highest BCUT2D eigenvalue weighted by Crippen LogP contribution is 2.41. The predicted molar refractivity (Wildman–Crippen MR) is 164 cm³/mol. The molecule has 1 amide bonds. The van der Waals surface area contributed by atoms with Gasteiger partial charge in [-0.1, -0.05) is 152 Å². The maximum atomic E-state index is 13.9. The zero-order valence-corrected chi connectivity index (χ0v) is 23.2. The van der Waals surface area contributed by atoms with Crippen LogP contribution in [0.4, 0.5) is 0 Å². The molecular formula is C38H35NO2. The molecular weight excluding hydrogens is 502 g/mol. The van der Waals surface area contributed by atoms with Crippen LogP contribution < -0.4 is 0 Å². The lowest BCUT2D eigenvalue weighted by Gasteiger charge is -2.38. The number of amides is 1. The van der Waals surface area contributed by atoms with Gasteiger partial charge in [0.15, 0.2) is 0 Å². The van der Waals surface area contributed by atoms with Crippen LogP contribution in [0, 0.1) is 5.92 Å². The zero-order chi connectivity index (χ0) is 27.9. The van der Waals surface area contributed by atoms with E-state index in [1.807, 2.05) is 54.6 Å². The SMILES string of the molecule is O=C1C(Cc2ccccc2)CC(COC(c2ccccc2)(c2ccccc2)c2ccccc2)N1Cc1ccccc1. The Morgan fingerprint density at radius 2 is 1.00 bits per heavy atom. The molecule has 41 heavy (non-hydrogen) atoms. The molecule has 0 radical (unpaired) electrons. The molecule has 0 saturated carbocycles. The first-order valence-electron chi connectivity index (χ1n) is 14.4. The second-order valence-electron chi connectivity index (χ2n) is 10.8. The minimum Gasteiger partial charge on any atom is -0.359 e. The van der Waals surface area contributed by atoms with E-state index < -0.39 is 5.60 Å². The second kappa shape index (κ2) is 12.4. The molecule has 1 saturated heterocycles. The summed E-state index contributed by atoms with van der Waals surface area (Å²) in [5.41, 5.74) is 4.71. The molecule has 0 bridgehead atoms. The molecule has 1 aliphatic heterocycles. The van der Waals surface area contributed by atoms with Crippen LogP contribution in [0.2, 0.25) is 0 Å². The monoisotopic (exact) mass is 537 g/mol. The summed E-state index contributed by atoms with van der Waals surface area (Å²) in [4.78, 5) is 16.0. The van der Waals surface area contributed by atoms with E-state index in [1.54, 1.807) is 0 Å². The minimum absolute atomic E-state index is 0.0491. The molecule has 1 fully saturated rings. The molecule has 3 nitrogen and oxygen atoms in total. The van der Waals surface area contributed by atoms with E-state index in [4.69, 9.17) is 4.74 Å². The standard InChI is InChI=1S/C38H35NO2/c40-37-32(26-30-16-6-1-7-17-30)27-36(39(37)28-31-18-8-2-9-19-31)29-41-38(33-20-10-3-11-21-33,34-22-12-4-13-23-34)35-24-14-5-15-25-35/h1-25,32,36H,26-29H2. The number of hydrogen-bond donors (Lipinski definition) is 0. The van der Waals surface area contributed by atoms with Gasteiger partial charge in [0.05, 0.1) is 12.6 Å². The van der Waals surface area contributed by atoms with Gasteiger partial charge in [0.1, 0.15) is 5.60 Å². The Bertz CT molecular complexity index is 1430. The summed E-state index contributed by atoms with van der Waals surface area (Å²) in [6.07, 6.45) is 1.50. The van der Waals surface area contributed by atoms with Crippen molar-refractivity contribution in [2.24, 2.45) is 5.92 Å². The molecule has 6 rings (SSSR count). The highest BCUT2D eigenvalue weighted by Gasteiger charge is 2.43. The first-order valence-corrected chi connectivity index (χ1v) is 14.4. The summed E-state index contributed by atoms with van der Waals surface area (Å²) in [5, 5.41) is 0. The maximum Gasteiger partial charge on any atom is 0.226 e.